The molecule has 0 saturated heterocycles. The van der Waals surface area contributed by atoms with Crippen LogP contribution in [0.3, 0.4) is 0 Å². The van der Waals surface area contributed by atoms with E-state index in [1.54, 1.807) is 7.11 Å². The van der Waals surface area contributed by atoms with E-state index in [0.717, 1.165) is 11.3 Å². The molecule has 0 spiro atoms. The van der Waals surface area contributed by atoms with Crippen LogP contribution in [-0.4, -0.2) is 18.2 Å². The summed E-state index contributed by atoms with van der Waals surface area (Å²) in [7, 11) is 1.65. The van der Waals surface area contributed by atoms with E-state index < -0.39 is 5.97 Å². The van der Waals surface area contributed by atoms with E-state index in [0.29, 0.717) is 6.42 Å². The Morgan fingerprint density at radius 1 is 1.50 bits per heavy atom. The maximum atomic E-state index is 10.5. The molecule has 0 aromatic heterocycles. The van der Waals surface area contributed by atoms with Gasteiger partial charge in [0.15, 0.2) is 0 Å². The number of aliphatic carboxylic acids is 1. The second kappa shape index (κ2) is 5.54. The highest BCUT2D eigenvalue weighted by molar-refractivity contribution is 5.66. The summed E-state index contributed by atoms with van der Waals surface area (Å²) in [5.74, 6) is 0.395. The van der Waals surface area contributed by atoms with E-state index in [1.807, 2.05) is 26.0 Å². The summed E-state index contributed by atoms with van der Waals surface area (Å²) in [4.78, 5) is 10.5. The summed E-state index contributed by atoms with van der Waals surface area (Å²) in [6, 6.07) is 5.99. The maximum Gasteiger partial charge on any atom is 0.303 e. The molecule has 0 saturated carbocycles. The lowest BCUT2D eigenvalue weighted by molar-refractivity contribution is -0.137. The van der Waals surface area contributed by atoms with Crippen molar-refractivity contribution in [3.8, 4) is 5.75 Å². The molecule has 0 radical (unpaired) electrons. The van der Waals surface area contributed by atoms with E-state index in [9.17, 15) is 4.79 Å². The van der Waals surface area contributed by atoms with Gasteiger partial charge in [-0.25, -0.2) is 0 Å². The van der Waals surface area contributed by atoms with Crippen molar-refractivity contribution in [3.63, 3.8) is 0 Å². The molecule has 3 heteroatoms. The Morgan fingerprint density at radius 3 is 2.69 bits per heavy atom. The van der Waals surface area contributed by atoms with Gasteiger partial charge >= 0.3 is 5.97 Å². The highest BCUT2D eigenvalue weighted by atomic mass is 16.5. The van der Waals surface area contributed by atoms with Crippen LogP contribution >= 0.6 is 0 Å². The summed E-state index contributed by atoms with van der Waals surface area (Å²) < 4.78 is 5.18. The Balaban J connectivity index is 2.72. The molecular formula is C13H18O3. The third-order valence-electron chi connectivity index (χ3n) is 2.78. The van der Waals surface area contributed by atoms with Crippen molar-refractivity contribution in [3.05, 3.63) is 29.3 Å². The molecule has 0 aliphatic rings. The van der Waals surface area contributed by atoms with Crippen LogP contribution in [0.15, 0.2) is 18.2 Å². The summed E-state index contributed by atoms with van der Waals surface area (Å²) in [5.41, 5.74) is 2.25. The molecule has 3 nitrogen and oxygen atoms in total. The predicted octanol–water partition coefficient (Wildman–Crippen LogP) is 2.97. The van der Waals surface area contributed by atoms with Gasteiger partial charge in [0.2, 0.25) is 0 Å². The molecule has 1 aromatic carbocycles. The number of ether oxygens (including phenoxy) is 1. The van der Waals surface area contributed by atoms with Crippen molar-refractivity contribution in [2.24, 2.45) is 0 Å². The first-order valence-electron chi connectivity index (χ1n) is 5.41. The van der Waals surface area contributed by atoms with Crippen LogP contribution in [0, 0.1) is 6.92 Å². The second-order valence-electron chi connectivity index (χ2n) is 4.06. The van der Waals surface area contributed by atoms with Crippen LogP contribution in [0.4, 0.5) is 0 Å². The molecule has 0 bridgehead atoms. The molecule has 0 fully saturated rings. The fraction of sp³-hybridized carbons (Fsp3) is 0.462. The number of methoxy groups -OCH3 is 1. The Morgan fingerprint density at radius 2 is 2.19 bits per heavy atom. The minimum absolute atomic E-state index is 0.215. The topological polar surface area (TPSA) is 46.5 Å². The average molecular weight is 222 g/mol. The molecular weight excluding hydrogens is 204 g/mol. The number of carboxylic acid groups (broad SMARTS) is 1. The Bertz CT molecular complexity index is 371. The largest absolute Gasteiger partial charge is 0.496 e. The predicted molar refractivity (Wildman–Crippen MR) is 63.0 cm³/mol. The Labute approximate surface area is 96.1 Å². The Kier molecular flexibility index (Phi) is 4.35. The summed E-state index contributed by atoms with van der Waals surface area (Å²) >= 11 is 0. The molecule has 0 amide bonds. The van der Waals surface area contributed by atoms with Gasteiger partial charge in [0.25, 0.3) is 0 Å². The van der Waals surface area contributed by atoms with Crippen molar-refractivity contribution < 1.29 is 14.6 Å². The zero-order valence-corrected chi connectivity index (χ0v) is 9.99. The van der Waals surface area contributed by atoms with Gasteiger partial charge in [0.1, 0.15) is 5.75 Å². The van der Waals surface area contributed by atoms with Crippen LogP contribution < -0.4 is 4.74 Å². The zero-order chi connectivity index (χ0) is 12.1. The van der Waals surface area contributed by atoms with Crippen molar-refractivity contribution in [2.45, 2.75) is 32.6 Å². The van der Waals surface area contributed by atoms with E-state index in [1.165, 1.54) is 5.56 Å². The molecule has 88 valence electrons. The highest BCUT2D eigenvalue weighted by Gasteiger charge is 2.09. The molecule has 16 heavy (non-hydrogen) atoms. The van der Waals surface area contributed by atoms with E-state index >= 15 is 0 Å². The van der Waals surface area contributed by atoms with Gasteiger partial charge in [-0.15, -0.1) is 0 Å². The lowest BCUT2D eigenvalue weighted by atomic mass is 9.95. The number of carbonyl (C=O) groups is 1. The van der Waals surface area contributed by atoms with Gasteiger partial charge in [0, 0.05) is 6.42 Å². The summed E-state index contributed by atoms with van der Waals surface area (Å²) in [5, 5.41) is 8.63. The van der Waals surface area contributed by atoms with Crippen LogP contribution in [-0.2, 0) is 4.79 Å². The van der Waals surface area contributed by atoms with Crippen LogP contribution in [0.1, 0.15) is 36.8 Å². The van der Waals surface area contributed by atoms with Crippen LogP contribution in [0.2, 0.25) is 0 Å². The van der Waals surface area contributed by atoms with Crippen LogP contribution in [0.25, 0.3) is 0 Å². The number of hydrogen-bond acceptors (Lipinski definition) is 2. The molecule has 1 aromatic rings. The first-order valence-corrected chi connectivity index (χ1v) is 5.41. The molecule has 1 unspecified atom stereocenters. The number of rotatable bonds is 5. The molecule has 0 aliphatic carbocycles. The van der Waals surface area contributed by atoms with E-state index in [2.05, 4.69) is 6.07 Å². The average Bonchev–Trinajstić information content (AvgIpc) is 2.25. The molecule has 0 heterocycles. The molecule has 0 aliphatic heterocycles. The van der Waals surface area contributed by atoms with Crippen molar-refractivity contribution >= 4 is 5.97 Å². The lowest BCUT2D eigenvalue weighted by Crippen LogP contribution is -2.00. The van der Waals surface area contributed by atoms with Crippen molar-refractivity contribution in [2.75, 3.05) is 7.11 Å². The van der Waals surface area contributed by atoms with Gasteiger partial charge in [-0.3, -0.25) is 4.79 Å². The third-order valence-corrected chi connectivity index (χ3v) is 2.78. The number of carboxylic acids is 1. The van der Waals surface area contributed by atoms with Gasteiger partial charge in [-0.2, -0.15) is 0 Å². The molecule has 1 N–H and O–H groups in total. The van der Waals surface area contributed by atoms with Gasteiger partial charge < -0.3 is 9.84 Å². The van der Waals surface area contributed by atoms with Crippen LogP contribution in [0.5, 0.6) is 5.75 Å². The van der Waals surface area contributed by atoms with Gasteiger partial charge in [0.05, 0.1) is 7.11 Å². The lowest BCUT2D eigenvalue weighted by Gasteiger charge is -2.13. The quantitative estimate of drug-likeness (QED) is 0.833. The zero-order valence-electron chi connectivity index (χ0n) is 9.99. The van der Waals surface area contributed by atoms with Gasteiger partial charge in [-0.05, 0) is 36.5 Å². The smallest absolute Gasteiger partial charge is 0.303 e. The number of aryl methyl sites for hydroxylation is 1. The summed E-state index contributed by atoms with van der Waals surface area (Å²) in [6.07, 6.45) is 0.882. The molecule has 1 atom stereocenters. The third kappa shape index (κ3) is 3.26. The van der Waals surface area contributed by atoms with Crippen molar-refractivity contribution in [1.82, 2.24) is 0 Å². The number of benzene rings is 1. The minimum Gasteiger partial charge on any atom is -0.496 e. The highest BCUT2D eigenvalue weighted by Crippen LogP contribution is 2.26. The maximum absolute atomic E-state index is 10.5. The summed E-state index contributed by atoms with van der Waals surface area (Å²) in [6.45, 7) is 4.04. The Hall–Kier alpha value is -1.51. The fourth-order valence-corrected chi connectivity index (χ4v) is 1.71. The first-order chi connectivity index (χ1) is 7.54. The van der Waals surface area contributed by atoms with E-state index in [4.69, 9.17) is 9.84 Å². The van der Waals surface area contributed by atoms with E-state index in [-0.39, 0.29) is 12.3 Å². The minimum atomic E-state index is -0.739. The first kappa shape index (κ1) is 12.6. The second-order valence-corrected chi connectivity index (χ2v) is 4.06. The normalized spacial score (nSPS) is 12.2. The standard InChI is InChI=1S/C13H18O3/c1-9(4-7-13(14)15)11-5-6-12(16-3)10(2)8-11/h5-6,8-9H,4,7H2,1-3H3,(H,14,15). The number of hydrogen-bond donors (Lipinski definition) is 1. The van der Waals surface area contributed by atoms with Crippen molar-refractivity contribution in [1.29, 1.82) is 0 Å². The fourth-order valence-electron chi connectivity index (χ4n) is 1.71. The van der Waals surface area contributed by atoms with Gasteiger partial charge in [-0.1, -0.05) is 19.1 Å². The SMILES string of the molecule is COc1ccc(C(C)CCC(=O)O)cc1C. The molecule has 1 rings (SSSR count). The monoisotopic (exact) mass is 222 g/mol.